The van der Waals surface area contributed by atoms with Crippen LogP contribution in [0, 0.1) is 5.92 Å². The molecule has 0 bridgehead atoms. The third-order valence-corrected chi connectivity index (χ3v) is 11.5. The number of anilines is 2. The standard InChI is InChI=1S/C49H38N2/c1-49(2)44-31-35(34-25-29-48-43(30-34)42-21-11-12-22-47(42)51(48)37-18-7-4-8-19-37)24-27-40(44)41-28-26-38(32-45(41)49)50(36-16-5-3-6-17-36)46-23-13-15-33-14-9-10-20-39(33)46/h3-32,41,45H,1-2H3. The van der Waals surface area contributed by atoms with Crippen molar-refractivity contribution in [3.8, 4) is 16.8 Å². The second-order valence-electron chi connectivity index (χ2n) is 14.6. The third-order valence-electron chi connectivity index (χ3n) is 11.5. The summed E-state index contributed by atoms with van der Waals surface area (Å²) >= 11 is 0. The number of aromatic nitrogens is 1. The van der Waals surface area contributed by atoms with Crippen molar-refractivity contribution in [3.63, 3.8) is 0 Å². The van der Waals surface area contributed by atoms with Crippen molar-refractivity contribution in [2.75, 3.05) is 4.90 Å². The number of rotatable bonds is 5. The van der Waals surface area contributed by atoms with E-state index in [9.17, 15) is 0 Å². The molecule has 0 aliphatic heterocycles. The molecule has 0 N–H and O–H groups in total. The third kappa shape index (κ3) is 4.63. The molecule has 1 heterocycles. The molecule has 2 unspecified atom stereocenters. The molecule has 0 saturated carbocycles. The van der Waals surface area contributed by atoms with E-state index in [4.69, 9.17) is 0 Å². The van der Waals surface area contributed by atoms with Crippen molar-refractivity contribution in [1.82, 2.24) is 4.57 Å². The minimum atomic E-state index is -0.0550. The first-order valence-electron chi connectivity index (χ1n) is 18.0. The highest BCUT2D eigenvalue weighted by Gasteiger charge is 2.45. The van der Waals surface area contributed by atoms with Crippen LogP contribution in [0.5, 0.6) is 0 Å². The monoisotopic (exact) mass is 654 g/mol. The summed E-state index contributed by atoms with van der Waals surface area (Å²) < 4.78 is 2.39. The summed E-state index contributed by atoms with van der Waals surface area (Å²) in [6, 6.07) is 59.8. The zero-order chi connectivity index (χ0) is 34.1. The molecule has 0 amide bonds. The maximum absolute atomic E-state index is 2.55. The Bertz CT molecular complexity index is 2670. The highest BCUT2D eigenvalue weighted by molar-refractivity contribution is 6.10. The molecular formula is C49H38N2. The average Bonchev–Trinajstić information content (AvgIpc) is 3.63. The van der Waals surface area contributed by atoms with Crippen molar-refractivity contribution in [2.45, 2.75) is 25.2 Å². The molecule has 2 aliphatic rings. The number of hydrogen-bond donors (Lipinski definition) is 0. The minimum Gasteiger partial charge on any atom is -0.310 e. The molecule has 7 aromatic carbocycles. The first-order valence-corrected chi connectivity index (χ1v) is 18.0. The first-order chi connectivity index (χ1) is 25.1. The van der Waals surface area contributed by atoms with Crippen LogP contribution in [0.25, 0.3) is 49.4 Å². The van der Waals surface area contributed by atoms with Gasteiger partial charge in [-0.05, 0) is 93.6 Å². The van der Waals surface area contributed by atoms with Crippen LogP contribution in [-0.4, -0.2) is 4.57 Å². The van der Waals surface area contributed by atoms with Gasteiger partial charge in [0.1, 0.15) is 0 Å². The number of hydrogen-bond acceptors (Lipinski definition) is 1. The lowest BCUT2D eigenvalue weighted by Gasteiger charge is -2.35. The van der Waals surface area contributed by atoms with Gasteiger partial charge < -0.3 is 9.47 Å². The van der Waals surface area contributed by atoms with E-state index >= 15 is 0 Å². The second-order valence-corrected chi connectivity index (χ2v) is 14.6. The van der Waals surface area contributed by atoms with Gasteiger partial charge in [0.2, 0.25) is 0 Å². The Morgan fingerprint density at radius 3 is 2.08 bits per heavy atom. The van der Waals surface area contributed by atoms with Crippen molar-refractivity contribution >= 4 is 44.0 Å². The lowest BCUT2D eigenvalue weighted by molar-refractivity contribution is 0.392. The SMILES string of the molecule is CC1(C)c2cc(-c3ccc4c(c3)c3ccccc3n4-c3ccccc3)ccc2C2C=CC(N(c3ccccc3)c3cccc4ccccc34)=CC21. The fourth-order valence-corrected chi connectivity index (χ4v) is 8.95. The predicted molar refractivity (Wildman–Crippen MR) is 215 cm³/mol. The van der Waals surface area contributed by atoms with Gasteiger partial charge in [-0.15, -0.1) is 0 Å². The fourth-order valence-electron chi connectivity index (χ4n) is 8.95. The quantitative estimate of drug-likeness (QED) is 0.179. The summed E-state index contributed by atoms with van der Waals surface area (Å²) in [6.45, 7) is 4.88. The smallest absolute Gasteiger partial charge is 0.0541 e. The van der Waals surface area contributed by atoms with E-state index in [1.165, 1.54) is 77.6 Å². The average molecular weight is 655 g/mol. The Morgan fingerprint density at radius 2 is 1.24 bits per heavy atom. The molecule has 0 radical (unpaired) electrons. The van der Waals surface area contributed by atoms with E-state index in [1.807, 2.05) is 0 Å². The van der Waals surface area contributed by atoms with Crippen molar-refractivity contribution < 1.29 is 0 Å². The van der Waals surface area contributed by atoms with Crippen LogP contribution in [0.1, 0.15) is 30.9 Å². The topological polar surface area (TPSA) is 8.17 Å². The number of fused-ring (bicyclic) bond motifs is 7. The van der Waals surface area contributed by atoms with Gasteiger partial charge in [-0.1, -0.05) is 141 Å². The molecule has 8 aromatic rings. The van der Waals surface area contributed by atoms with E-state index in [-0.39, 0.29) is 5.41 Å². The zero-order valence-corrected chi connectivity index (χ0v) is 28.9. The van der Waals surface area contributed by atoms with E-state index in [0.717, 1.165) is 0 Å². The summed E-state index contributed by atoms with van der Waals surface area (Å²) in [6.07, 6.45) is 7.36. The van der Waals surface area contributed by atoms with Crippen LogP contribution in [0.15, 0.2) is 188 Å². The van der Waals surface area contributed by atoms with Crippen molar-refractivity contribution in [3.05, 3.63) is 199 Å². The molecule has 2 nitrogen and oxygen atoms in total. The summed E-state index contributed by atoms with van der Waals surface area (Å²) in [5, 5.41) is 5.06. The molecule has 0 saturated heterocycles. The Kier molecular flexibility index (Phi) is 6.69. The van der Waals surface area contributed by atoms with E-state index in [0.29, 0.717) is 11.8 Å². The Hall–Kier alpha value is -6.12. The largest absolute Gasteiger partial charge is 0.310 e. The number of benzene rings is 7. The molecule has 0 spiro atoms. The van der Waals surface area contributed by atoms with Crippen LogP contribution >= 0.6 is 0 Å². The summed E-state index contributed by atoms with van der Waals surface area (Å²) in [4.78, 5) is 2.45. The maximum atomic E-state index is 2.55. The number of para-hydroxylation sites is 3. The van der Waals surface area contributed by atoms with Crippen molar-refractivity contribution in [2.24, 2.45) is 5.92 Å². The molecule has 244 valence electrons. The summed E-state index contributed by atoms with van der Waals surface area (Å²) in [5.41, 5.74) is 12.6. The van der Waals surface area contributed by atoms with Gasteiger partial charge in [0.15, 0.2) is 0 Å². The molecule has 2 heteroatoms. The highest BCUT2D eigenvalue weighted by Crippen LogP contribution is 2.55. The van der Waals surface area contributed by atoms with Gasteiger partial charge in [0.25, 0.3) is 0 Å². The zero-order valence-electron chi connectivity index (χ0n) is 28.9. The molecule has 1 aromatic heterocycles. The number of nitrogens with zero attached hydrogens (tertiary/aromatic N) is 2. The van der Waals surface area contributed by atoms with Crippen LogP contribution in [-0.2, 0) is 5.41 Å². The molecule has 2 atom stereocenters. The van der Waals surface area contributed by atoms with Gasteiger partial charge in [-0.25, -0.2) is 0 Å². The van der Waals surface area contributed by atoms with Gasteiger partial charge in [-0.2, -0.15) is 0 Å². The molecule has 51 heavy (non-hydrogen) atoms. The van der Waals surface area contributed by atoms with Crippen molar-refractivity contribution in [1.29, 1.82) is 0 Å². The Labute approximate surface area is 299 Å². The summed E-state index contributed by atoms with van der Waals surface area (Å²) in [5.74, 6) is 0.666. The first kappa shape index (κ1) is 29.8. The fraction of sp³-hybridized carbons (Fsp3) is 0.102. The van der Waals surface area contributed by atoms with Gasteiger partial charge in [0.05, 0.1) is 16.7 Å². The molecular weight excluding hydrogens is 617 g/mol. The van der Waals surface area contributed by atoms with E-state index in [2.05, 4.69) is 205 Å². The summed E-state index contributed by atoms with van der Waals surface area (Å²) in [7, 11) is 0. The normalized spacial score (nSPS) is 17.4. The number of allylic oxidation sites excluding steroid dienone is 3. The maximum Gasteiger partial charge on any atom is 0.0541 e. The highest BCUT2D eigenvalue weighted by atomic mass is 15.1. The Balaban J connectivity index is 1.06. The van der Waals surface area contributed by atoms with Gasteiger partial charge in [0, 0.05) is 39.1 Å². The lowest BCUT2D eigenvalue weighted by atomic mass is 9.73. The molecule has 2 aliphatic carbocycles. The van der Waals surface area contributed by atoms with Gasteiger partial charge in [-0.3, -0.25) is 0 Å². The van der Waals surface area contributed by atoms with E-state index in [1.54, 1.807) is 0 Å². The molecule has 10 rings (SSSR count). The van der Waals surface area contributed by atoms with E-state index < -0.39 is 0 Å². The molecule has 0 fully saturated rings. The lowest BCUT2D eigenvalue weighted by Crippen LogP contribution is -2.28. The second kappa shape index (κ2) is 11.5. The minimum absolute atomic E-state index is 0.0550. The van der Waals surface area contributed by atoms with Crippen LogP contribution < -0.4 is 4.90 Å². The Morgan fingerprint density at radius 1 is 0.569 bits per heavy atom. The predicted octanol–water partition coefficient (Wildman–Crippen LogP) is 12.9. The van der Waals surface area contributed by atoms with Gasteiger partial charge >= 0.3 is 0 Å². The van der Waals surface area contributed by atoms with Crippen LogP contribution in [0.3, 0.4) is 0 Å². The van der Waals surface area contributed by atoms with Crippen LogP contribution in [0.4, 0.5) is 11.4 Å². The van der Waals surface area contributed by atoms with Crippen LogP contribution in [0.2, 0.25) is 0 Å².